The molecule has 272 valence electrons. The van der Waals surface area contributed by atoms with Crippen LogP contribution in [0.25, 0.3) is 6.08 Å². The van der Waals surface area contributed by atoms with Crippen LogP contribution in [-0.2, 0) is 25.5 Å². The fourth-order valence-corrected chi connectivity index (χ4v) is 6.82. The van der Waals surface area contributed by atoms with Crippen molar-refractivity contribution in [2.45, 2.75) is 76.4 Å². The molecule has 2 heterocycles. The number of cyclic esters (lactones) is 1. The molecule has 0 fully saturated rings. The minimum absolute atomic E-state index is 0.0397. The maximum Gasteiger partial charge on any atom is 0.342 e. The number of nitrogens with one attached hydrogen (secondary N) is 1. The number of carbonyl (C=O) groups excluding carboxylic acids is 3. The van der Waals surface area contributed by atoms with E-state index >= 15 is 0 Å². The van der Waals surface area contributed by atoms with Crippen LogP contribution in [0, 0.1) is 0 Å². The van der Waals surface area contributed by atoms with Crippen molar-refractivity contribution < 1.29 is 48.3 Å². The van der Waals surface area contributed by atoms with Gasteiger partial charge in [-0.15, -0.1) is 0 Å². The Morgan fingerprint density at radius 1 is 0.980 bits per heavy atom. The van der Waals surface area contributed by atoms with Gasteiger partial charge in [-0.25, -0.2) is 4.79 Å². The summed E-state index contributed by atoms with van der Waals surface area (Å²) in [6, 6.07) is 12.6. The molecular weight excluding hydrogens is 654 g/mol. The van der Waals surface area contributed by atoms with Gasteiger partial charge in [0, 0.05) is 37.3 Å². The van der Waals surface area contributed by atoms with Gasteiger partial charge in [0.25, 0.3) is 0 Å². The van der Waals surface area contributed by atoms with Gasteiger partial charge in [-0.3, -0.25) is 9.59 Å². The number of aromatic hydroxyl groups is 2. The Labute approximate surface area is 298 Å². The van der Waals surface area contributed by atoms with Crippen LogP contribution in [0.15, 0.2) is 48.5 Å². The molecule has 11 heteroatoms. The van der Waals surface area contributed by atoms with Gasteiger partial charge in [0.05, 0.1) is 34.0 Å². The second-order valence-electron chi connectivity index (χ2n) is 12.9. The van der Waals surface area contributed by atoms with Crippen LogP contribution in [0.2, 0.25) is 0 Å². The van der Waals surface area contributed by atoms with E-state index in [9.17, 15) is 24.6 Å². The van der Waals surface area contributed by atoms with E-state index in [0.29, 0.717) is 67.9 Å². The molecule has 0 radical (unpaired) electrons. The Morgan fingerprint density at radius 2 is 1.71 bits per heavy atom. The highest BCUT2D eigenvalue weighted by atomic mass is 16.5. The average Bonchev–Trinajstić information content (AvgIpc) is 3.12. The van der Waals surface area contributed by atoms with Crippen molar-refractivity contribution in [1.29, 1.82) is 0 Å². The van der Waals surface area contributed by atoms with Crippen LogP contribution in [0.1, 0.15) is 102 Å². The predicted octanol–water partition coefficient (Wildman–Crippen LogP) is 6.56. The lowest BCUT2D eigenvalue weighted by Crippen LogP contribution is -2.32. The number of allylic oxidation sites excluding steroid dienone is 1. The van der Waals surface area contributed by atoms with Crippen LogP contribution in [0.3, 0.4) is 0 Å². The molecule has 3 aromatic rings. The molecule has 0 bridgehead atoms. The molecule has 51 heavy (non-hydrogen) atoms. The van der Waals surface area contributed by atoms with E-state index in [1.54, 1.807) is 31.2 Å². The lowest BCUT2D eigenvalue weighted by atomic mass is 9.84. The summed E-state index contributed by atoms with van der Waals surface area (Å²) in [7, 11) is 4.40. The summed E-state index contributed by atoms with van der Waals surface area (Å²) in [5, 5.41) is 26.6. The van der Waals surface area contributed by atoms with Gasteiger partial charge in [-0.05, 0) is 79.5 Å². The van der Waals surface area contributed by atoms with Crippen LogP contribution in [0.4, 0.5) is 0 Å². The highest BCUT2D eigenvalue weighted by Gasteiger charge is 2.32. The molecule has 2 aliphatic rings. The molecule has 0 aromatic heterocycles. The van der Waals surface area contributed by atoms with E-state index in [4.69, 9.17) is 23.7 Å². The SMILES string of the molecule is COc1cc(C(CC(=O)NCC2OCCc3ccccc32)c2c(O)cc3c(c2O)C(=O)O[C@@H](C)CCCC(=O)CCC/C=C/3)cc(OC)c1OC. The third-order valence-corrected chi connectivity index (χ3v) is 9.46. The number of rotatable bonds is 9. The molecule has 2 unspecified atom stereocenters. The zero-order chi connectivity index (χ0) is 36.5. The minimum Gasteiger partial charge on any atom is -0.507 e. The van der Waals surface area contributed by atoms with Crippen LogP contribution < -0.4 is 19.5 Å². The Kier molecular flexibility index (Phi) is 12.6. The number of hydrogen-bond donors (Lipinski definition) is 3. The summed E-state index contributed by atoms with van der Waals surface area (Å²) < 4.78 is 28.5. The summed E-state index contributed by atoms with van der Waals surface area (Å²) in [5.74, 6) is -1.91. The number of carbonyl (C=O) groups is 3. The van der Waals surface area contributed by atoms with Crippen molar-refractivity contribution in [3.8, 4) is 28.7 Å². The number of hydrogen-bond acceptors (Lipinski definition) is 10. The predicted molar refractivity (Wildman–Crippen MR) is 191 cm³/mol. The third-order valence-electron chi connectivity index (χ3n) is 9.46. The largest absolute Gasteiger partial charge is 0.507 e. The van der Waals surface area contributed by atoms with Crippen molar-refractivity contribution in [3.05, 3.63) is 81.9 Å². The number of ether oxygens (including phenoxy) is 5. The Balaban J connectivity index is 1.57. The minimum atomic E-state index is -0.989. The molecule has 2 aliphatic heterocycles. The van der Waals surface area contributed by atoms with Crippen LogP contribution in [-0.4, -0.2) is 68.5 Å². The molecule has 0 saturated heterocycles. The molecule has 5 rings (SSSR count). The van der Waals surface area contributed by atoms with Gasteiger partial charge in [-0.1, -0.05) is 36.4 Å². The molecule has 11 nitrogen and oxygen atoms in total. The van der Waals surface area contributed by atoms with Crippen molar-refractivity contribution in [3.63, 3.8) is 0 Å². The Bertz CT molecular complexity index is 1740. The summed E-state index contributed by atoms with van der Waals surface area (Å²) in [6.45, 7) is 2.48. The second kappa shape index (κ2) is 17.3. The fourth-order valence-electron chi connectivity index (χ4n) is 6.82. The molecule has 1 amide bonds. The number of ketones is 1. The molecular formula is C40H47NO10. The zero-order valence-electron chi connectivity index (χ0n) is 29.7. The topological polar surface area (TPSA) is 150 Å². The molecule has 3 atom stereocenters. The normalized spacial score (nSPS) is 19.4. The van der Waals surface area contributed by atoms with E-state index < -0.39 is 23.7 Å². The Hall–Kier alpha value is -5.03. The van der Waals surface area contributed by atoms with E-state index in [-0.39, 0.29) is 53.2 Å². The quantitative estimate of drug-likeness (QED) is 0.210. The van der Waals surface area contributed by atoms with Crippen molar-refractivity contribution >= 4 is 23.7 Å². The first-order chi connectivity index (χ1) is 24.6. The third kappa shape index (κ3) is 8.83. The number of phenols is 2. The highest BCUT2D eigenvalue weighted by Crippen LogP contribution is 2.48. The van der Waals surface area contributed by atoms with Gasteiger partial charge >= 0.3 is 5.97 Å². The van der Waals surface area contributed by atoms with Crippen molar-refractivity contribution in [1.82, 2.24) is 5.32 Å². The summed E-state index contributed by atoms with van der Waals surface area (Å²) in [4.78, 5) is 39.8. The van der Waals surface area contributed by atoms with E-state index in [1.807, 2.05) is 18.2 Å². The molecule has 0 spiro atoms. The number of benzene rings is 3. The standard InChI is InChI=1S/C40H47NO10/c1-24-11-10-15-28(42)14-7-5-6-13-26-19-31(43)37(38(45)36(26)40(46)51-24)30(27-20-32(47-2)39(49-4)33(21-27)48-3)22-35(44)41-23-34-29-16-9-8-12-25(29)17-18-50-34/h6,8-9,12-13,16,19-21,24,30,34,43,45H,5,7,10-11,14-15,17-18,22-23H2,1-4H3,(H,41,44)/b13-6+/t24-,30?,34?/m0/s1. The zero-order valence-corrected chi connectivity index (χ0v) is 29.7. The lowest BCUT2D eigenvalue weighted by Gasteiger charge is -2.27. The fraction of sp³-hybridized carbons (Fsp3) is 0.425. The summed E-state index contributed by atoms with van der Waals surface area (Å²) >= 11 is 0. The van der Waals surface area contributed by atoms with E-state index in [2.05, 4.69) is 11.4 Å². The highest BCUT2D eigenvalue weighted by molar-refractivity contribution is 5.98. The van der Waals surface area contributed by atoms with Gasteiger partial charge in [0.2, 0.25) is 11.7 Å². The number of Topliss-reactive ketones (excluding diaryl/α,β-unsaturated/α-hetero) is 1. The smallest absolute Gasteiger partial charge is 0.342 e. The van der Waals surface area contributed by atoms with E-state index in [0.717, 1.165) is 12.0 Å². The first-order valence-corrected chi connectivity index (χ1v) is 17.4. The van der Waals surface area contributed by atoms with Gasteiger partial charge in [0.1, 0.15) is 28.9 Å². The van der Waals surface area contributed by atoms with E-state index in [1.165, 1.54) is 33.0 Å². The second-order valence-corrected chi connectivity index (χ2v) is 12.9. The number of amides is 1. The molecule has 3 N–H and O–H groups in total. The number of esters is 1. The maximum absolute atomic E-state index is 13.8. The first-order valence-electron chi connectivity index (χ1n) is 17.4. The molecule has 3 aromatic carbocycles. The van der Waals surface area contributed by atoms with Crippen LogP contribution >= 0.6 is 0 Å². The number of phenolic OH excluding ortho intramolecular Hbond substituents is 2. The van der Waals surface area contributed by atoms with Crippen molar-refractivity contribution in [2.75, 3.05) is 34.5 Å². The molecule has 0 aliphatic carbocycles. The van der Waals surface area contributed by atoms with Gasteiger partial charge in [0.15, 0.2) is 11.5 Å². The molecule has 0 saturated carbocycles. The monoisotopic (exact) mass is 701 g/mol. The number of fused-ring (bicyclic) bond motifs is 2. The summed E-state index contributed by atoms with van der Waals surface area (Å²) in [6.07, 6.45) is 6.18. The average molecular weight is 702 g/mol. The van der Waals surface area contributed by atoms with Gasteiger partial charge in [-0.2, -0.15) is 0 Å². The maximum atomic E-state index is 13.8. The Morgan fingerprint density at radius 3 is 2.43 bits per heavy atom. The van der Waals surface area contributed by atoms with Crippen LogP contribution in [0.5, 0.6) is 28.7 Å². The van der Waals surface area contributed by atoms with Gasteiger partial charge < -0.3 is 39.2 Å². The summed E-state index contributed by atoms with van der Waals surface area (Å²) in [5.41, 5.74) is 2.70. The van der Waals surface area contributed by atoms with Crippen molar-refractivity contribution in [2.24, 2.45) is 0 Å². The lowest BCUT2D eigenvalue weighted by molar-refractivity contribution is -0.122. The first kappa shape index (κ1) is 37.2. The number of methoxy groups -OCH3 is 3.